The lowest BCUT2D eigenvalue weighted by Crippen LogP contribution is -2.62. The first kappa shape index (κ1) is 25.3. The van der Waals surface area contributed by atoms with Gasteiger partial charge >= 0.3 is 0 Å². The van der Waals surface area contributed by atoms with E-state index in [9.17, 15) is 0 Å². The van der Waals surface area contributed by atoms with E-state index in [1.54, 1.807) is 0 Å². The van der Waals surface area contributed by atoms with E-state index in [1.807, 2.05) is 0 Å². The van der Waals surface area contributed by atoms with Gasteiger partial charge in [-0.3, -0.25) is 0 Å². The molecule has 0 aliphatic carbocycles. The Morgan fingerprint density at radius 2 is 0.714 bits per heavy atom. The van der Waals surface area contributed by atoms with Crippen molar-refractivity contribution in [2.45, 2.75) is 65.5 Å². The van der Waals surface area contributed by atoms with Crippen LogP contribution < -0.4 is 10.4 Å². The highest BCUT2D eigenvalue weighted by Gasteiger charge is 2.38. The zero-order valence-corrected chi connectivity index (χ0v) is 23.6. The van der Waals surface area contributed by atoms with Crippen LogP contribution in [0.5, 0.6) is 0 Å². The maximum Gasteiger partial charge on any atom is 0.241 e. The molecule has 2 rings (SSSR count). The number of hydrogen-bond acceptors (Lipinski definition) is 2. The molecule has 2 aromatic carbocycles. The summed E-state index contributed by atoms with van der Waals surface area (Å²) in [6.07, 6.45) is 0. The molecule has 6 heteroatoms. The van der Waals surface area contributed by atoms with Gasteiger partial charge in [-0.1, -0.05) is 60.7 Å². The summed E-state index contributed by atoms with van der Waals surface area (Å²) in [7, 11) is -6.13. The Bertz CT molecular complexity index is 648. The van der Waals surface area contributed by atoms with Crippen molar-refractivity contribution < 1.29 is 8.23 Å². The third-order valence-electron chi connectivity index (χ3n) is 3.77. The lowest BCUT2D eigenvalue weighted by atomic mass is 10.4. The molecule has 2 aromatic rings. The van der Waals surface area contributed by atoms with Gasteiger partial charge < -0.3 is 8.23 Å². The molecule has 0 aliphatic heterocycles. The molecule has 0 radical (unpaired) electrons. The summed E-state index contributed by atoms with van der Waals surface area (Å²) in [5, 5.41) is 2.70. The first-order chi connectivity index (χ1) is 12.6. The van der Waals surface area contributed by atoms with E-state index in [2.05, 4.69) is 126 Å². The third kappa shape index (κ3) is 9.62. The second-order valence-corrected chi connectivity index (χ2v) is 27.8. The van der Waals surface area contributed by atoms with Crippen molar-refractivity contribution in [1.82, 2.24) is 0 Å². The van der Waals surface area contributed by atoms with E-state index in [0.717, 1.165) is 0 Å². The molecule has 0 aromatic heterocycles. The van der Waals surface area contributed by atoms with Gasteiger partial charge in [0.2, 0.25) is 8.32 Å². The molecule has 0 heterocycles. The Morgan fingerprint density at radius 3 is 0.929 bits per heavy atom. The van der Waals surface area contributed by atoms with Crippen LogP contribution in [-0.4, -0.2) is 33.3 Å². The molecule has 0 aliphatic rings. The normalized spacial score (nSPS) is 12.9. The lowest BCUT2D eigenvalue weighted by molar-refractivity contribution is 0.559. The molecule has 0 unspecified atom stereocenters. The molecule has 0 saturated carbocycles. The highest BCUT2D eigenvalue weighted by molar-refractivity contribution is 7.01. The van der Waals surface area contributed by atoms with E-state index in [4.69, 9.17) is 8.23 Å². The van der Waals surface area contributed by atoms with Crippen molar-refractivity contribution in [3.63, 3.8) is 0 Å². The number of rotatable bonds is 6. The van der Waals surface area contributed by atoms with Gasteiger partial charge in [-0.15, -0.1) is 0 Å². The molecular formula is C22H40O2Si4. The zero-order valence-electron chi connectivity index (χ0n) is 19.6. The standard InChI is InChI=1S/C16H22OSi2.C6H18OSi2/c1-18(2,3)17-19(4,15-11-7-5-8-12-15)16-13-9-6-10-14-16;1-8(2,3)7-9(4,5)6/h5-14H,1-4H3;1-6H3. The van der Waals surface area contributed by atoms with Crippen LogP contribution in [0.2, 0.25) is 65.5 Å². The quantitative estimate of drug-likeness (QED) is 0.512. The summed E-state index contributed by atoms with van der Waals surface area (Å²) in [4.78, 5) is 0. The average molecular weight is 449 g/mol. The van der Waals surface area contributed by atoms with Crippen molar-refractivity contribution in [1.29, 1.82) is 0 Å². The minimum Gasteiger partial charge on any atom is -0.456 e. The van der Waals surface area contributed by atoms with Crippen LogP contribution in [0.1, 0.15) is 0 Å². The van der Waals surface area contributed by atoms with Crippen LogP contribution in [0.3, 0.4) is 0 Å². The molecule has 0 bridgehead atoms. The van der Waals surface area contributed by atoms with Crippen molar-refractivity contribution >= 4 is 43.6 Å². The number of benzene rings is 2. The van der Waals surface area contributed by atoms with E-state index in [1.165, 1.54) is 10.4 Å². The molecule has 2 nitrogen and oxygen atoms in total. The molecule has 156 valence electrons. The second kappa shape index (κ2) is 9.82. The van der Waals surface area contributed by atoms with Gasteiger partial charge in [0.05, 0.1) is 0 Å². The predicted molar refractivity (Wildman–Crippen MR) is 136 cm³/mol. The summed E-state index contributed by atoms with van der Waals surface area (Å²) in [5.41, 5.74) is 0. The zero-order chi connectivity index (χ0) is 21.6. The van der Waals surface area contributed by atoms with Crippen molar-refractivity contribution in [3.8, 4) is 0 Å². The van der Waals surface area contributed by atoms with Crippen LogP contribution in [-0.2, 0) is 8.23 Å². The highest BCUT2D eigenvalue weighted by atomic mass is 28.4. The first-order valence-corrected chi connectivity index (χ1v) is 22.8. The van der Waals surface area contributed by atoms with Gasteiger partial charge in [-0.2, -0.15) is 0 Å². The smallest absolute Gasteiger partial charge is 0.241 e. The van der Waals surface area contributed by atoms with Crippen LogP contribution in [0, 0.1) is 0 Å². The lowest BCUT2D eigenvalue weighted by Gasteiger charge is -2.35. The van der Waals surface area contributed by atoms with Gasteiger partial charge in [0.1, 0.15) is 0 Å². The van der Waals surface area contributed by atoms with Crippen molar-refractivity contribution in [2.24, 2.45) is 0 Å². The molecular weight excluding hydrogens is 409 g/mol. The van der Waals surface area contributed by atoms with Gasteiger partial charge in [0, 0.05) is 0 Å². The molecule has 0 amide bonds. The van der Waals surface area contributed by atoms with Crippen LogP contribution in [0.25, 0.3) is 0 Å². The Balaban J connectivity index is 0.000000370. The summed E-state index contributed by atoms with van der Waals surface area (Å²) < 4.78 is 12.6. The van der Waals surface area contributed by atoms with Crippen LogP contribution in [0.4, 0.5) is 0 Å². The van der Waals surface area contributed by atoms with E-state index >= 15 is 0 Å². The van der Waals surface area contributed by atoms with Crippen LogP contribution >= 0.6 is 0 Å². The minimum absolute atomic E-state index is 1.23. The van der Waals surface area contributed by atoms with E-state index < -0.39 is 33.3 Å². The van der Waals surface area contributed by atoms with E-state index in [-0.39, 0.29) is 0 Å². The highest BCUT2D eigenvalue weighted by Crippen LogP contribution is 2.15. The van der Waals surface area contributed by atoms with Crippen molar-refractivity contribution in [3.05, 3.63) is 60.7 Å². The fourth-order valence-electron chi connectivity index (χ4n) is 3.33. The second-order valence-electron chi connectivity index (χ2n) is 10.3. The summed E-state index contributed by atoms with van der Waals surface area (Å²) in [5.74, 6) is 0. The molecule has 0 saturated heterocycles. The van der Waals surface area contributed by atoms with Gasteiger partial charge in [-0.05, 0) is 75.8 Å². The van der Waals surface area contributed by atoms with Gasteiger partial charge in [-0.25, -0.2) is 0 Å². The summed E-state index contributed by atoms with van der Waals surface area (Å²) >= 11 is 0. The van der Waals surface area contributed by atoms with Crippen molar-refractivity contribution in [2.75, 3.05) is 0 Å². The Labute approximate surface area is 177 Å². The first-order valence-electron chi connectivity index (χ1n) is 10.1. The Hall–Kier alpha value is -0.772. The predicted octanol–water partition coefficient (Wildman–Crippen LogP) is 5.90. The third-order valence-corrected chi connectivity index (χ3v) is 15.6. The summed E-state index contributed by atoms with van der Waals surface area (Å²) in [6, 6.07) is 21.4. The Kier molecular flexibility index (Phi) is 8.86. The largest absolute Gasteiger partial charge is 0.456 e. The fourth-order valence-corrected chi connectivity index (χ4v) is 18.5. The van der Waals surface area contributed by atoms with Gasteiger partial charge in [0.15, 0.2) is 25.0 Å². The van der Waals surface area contributed by atoms with Gasteiger partial charge in [0.25, 0.3) is 0 Å². The van der Waals surface area contributed by atoms with Crippen LogP contribution in [0.15, 0.2) is 60.7 Å². The fraction of sp³-hybridized carbons (Fsp3) is 0.455. The number of hydrogen-bond donors (Lipinski definition) is 0. The monoisotopic (exact) mass is 448 g/mol. The maximum absolute atomic E-state index is 6.68. The average Bonchev–Trinajstić information content (AvgIpc) is 2.52. The summed E-state index contributed by atoms with van der Waals surface area (Å²) in [6.45, 7) is 22.6. The SMILES string of the molecule is C[Si](C)(C)O[Si](C)(C)C.C[Si](C)(C)O[Si](C)(c1ccccc1)c1ccccc1. The minimum atomic E-state index is -2.08. The molecule has 0 N–H and O–H groups in total. The molecule has 0 spiro atoms. The van der Waals surface area contributed by atoms with E-state index in [0.29, 0.717) is 0 Å². The molecule has 0 atom stereocenters. The Morgan fingerprint density at radius 1 is 0.429 bits per heavy atom. The maximum atomic E-state index is 6.68. The topological polar surface area (TPSA) is 18.5 Å². The molecule has 0 fully saturated rings. The molecule has 28 heavy (non-hydrogen) atoms.